The highest BCUT2D eigenvalue weighted by Gasteiger charge is 2.38. The van der Waals surface area contributed by atoms with Crippen molar-refractivity contribution < 1.29 is 26.3 Å². The van der Waals surface area contributed by atoms with Crippen molar-refractivity contribution in [2.24, 2.45) is 11.8 Å². The maximum Gasteiger partial charge on any atom is 0.419 e. The van der Waals surface area contributed by atoms with Crippen molar-refractivity contribution in [3.05, 3.63) is 70.6 Å². The van der Waals surface area contributed by atoms with Crippen molar-refractivity contribution in [3.63, 3.8) is 0 Å². The highest BCUT2D eigenvalue weighted by Crippen LogP contribution is 2.49. The topological polar surface area (TPSA) is 0 Å². The fourth-order valence-electron chi connectivity index (χ4n) is 5.23. The molecule has 0 aliphatic heterocycles. The number of hydrogen-bond donors (Lipinski definition) is 0. The van der Waals surface area contributed by atoms with Crippen LogP contribution < -0.4 is 0 Å². The second-order valence-electron chi connectivity index (χ2n) is 8.31. The molecule has 1 fully saturated rings. The summed E-state index contributed by atoms with van der Waals surface area (Å²) in [6.45, 7) is 1.98. The SMILES string of the molecule is CC=C[C@@H]1CC[C@@H]2c3cc(F)c(-c4ccc(C(F)(F)F)c(F)c4)c(F)c3CC[C@@H]2C1. The first-order valence-electron chi connectivity index (χ1n) is 10.2. The molecule has 0 saturated heterocycles. The Kier molecular flexibility index (Phi) is 5.45. The molecule has 2 aliphatic carbocycles. The van der Waals surface area contributed by atoms with Gasteiger partial charge in [0.2, 0.25) is 0 Å². The number of fused-ring (bicyclic) bond motifs is 3. The van der Waals surface area contributed by atoms with Crippen LogP contribution in [0.5, 0.6) is 0 Å². The molecule has 0 aromatic heterocycles. The van der Waals surface area contributed by atoms with Gasteiger partial charge in [-0.1, -0.05) is 18.2 Å². The van der Waals surface area contributed by atoms with E-state index in [1.165, 1.54) is 6.07 Å². The summed E-state index contributed by atoms with van der Waals surface area (Å²) in [6.07, 6.45) is 3.39. The number of hydrogen-bond acceptors (Lipinski definition) is 0. The molecule has 0 radical (unpaired) electrons. The molecule has 0 nitrogen and oxygen atoms in total. The zero-order valence-electron chi connectivity index (χ0n) is 16.5. The van der Waals surface area contributed by atoms with Crippen LogP contribution in [-0.4, -0.2) is 0 Å². The van der Waals surface area contributed by atoms with Gasteiger partial charge in [0, 0.05) is 0 Å². The lowest BCUT2D eigenvalue weighted by Gasteiger charge is -2.40. The molecule has 2 aromatic carbocycles. The summed E-state index contributed by atoms with van der Waals surface area (Å²) in [6, 6.07) is 3.33. The Morgan fingerprint density at radius 2 is 1.73 bits per heavy atom. The Morgan fingerprint density at radius 1 is 0.967 bits per heavy atom. The van der Waals surface area contributed by atoms with E-state index in [2.05, 4.69) is 6.08 Å². The standard InChI is InChI=1S/C24H22F6/c1-2-3-13-4-7-16-14(10-13)5-8-17-18(16)12-21(26)22(23(17)27)15-6-9-19(20(25)11-15)24(28,29)30/h2-3,6,9,11-14,16H,4-5,7-8,10H2,1H3/t13-,14-,16+/m1/s1. The van der Waals surface area contributed by atoms with Gasteiger partial charge in [0.25, 0.3) is 0 Å². The highest BCUT2D eigenvalue weighted by atomic mass is 19.4. The molecule has 0 amide bonds. The van der Waals surface area contributed by atoms with Gasteiger partial charge in [0.05, 0.1) is 11.1 Å². The van der Waals surface area contributed by atoms with Crippen LogP contribution in [0.4, 0.5) is 26.3 Å². The van der Waals surface area contributed by atoms with E-state index in [0.717, 1.165) is 31.7 Å². The molecule has 1 saturated carbocycles. The molecule has 0 unspecified atom stereocenters. The zero-order valence-corrected chi connectivity index (χ0v) is 16.5. The van der Waals surface area contributed by atoms with Crippen LogP contribution in [0.15, 0.2) is 36.4 Å². The van der Waals surface area contributed by atoms with Crippen LogP contribution in [0, 0.1) is 29.3 Å². The first kappa shape index (κ1) is 21.0. The number of halogens is 6. The Morgan fingerprint density at radius 3 is 2.40 bits per heavy atom. The minimum Gasteiger partial charge on any atom is -0.206 e. The third-order valence-corrected chi connectivity index (χ3v) is 6.57. The van der Waals surface area contributed by atoms with E-state index >= 15 is 4.39 Å². The summed E-state index contributed by atoms with van der Waals surface area (Å²) in [5, 5.41) is 0. The van der Waals surface area contributed by atoms with Gasteiger partial charge in [-0.2, -0.15) is 13.2 Å². The highest BCUT2D eigenvalue weighted by molar-refractivity contribution is 5.68. The zero-order chi connectivity index (χ0) is 21.6. The van der Waals surface area contributed by atoms with Gasteiger partial charge in [-0.3, -0.25) is 0 Å². The van der Waals surface area contributed by atoms with Crippen LogP contribution in [0.1, 0.15) is 55.2 Å². The van der Waals surface area contributed by atoms with Crippen molar-refractivity contribution in [2.75, 3.05) is 0 Å². The number of rotatable bonds is 2. The molecule has 30 heavy (non-hydrogen) atoms. The molecule has 0 bridgehead atoms. The summed E-state index contributed by atoms with van der Waals surface area (Å²) in [5.74, 6) is -2.25. The molecule has 0 spiro atoms. The molecule has 0 heterocycles. The Balaban J connectivity index is 1.72. The van der Waals surface area contributed by atoms with Gasteiger partial charge in [-0.15, -0.1) is 0 Å². The van der Waals surface area contributed by atoms with Crippen LogP contribution in [0.3, 0.4) is 0 Å². The predicted molar refractivity (Wildman–Crippen MR) is 103 cm³/mol. The van der Waals surface area contributed by atoms with E-state index in [4.69, 9.17) is 0 Å². The van der Waals surface area contributed by atoms with E-state index < -0.39 is 34.8 Å². The Labute approximate surface area is 171 Å². The van der Waals surface area contributed by atoms with E-state index in [1.54, 1.807) is 0 Å². The molecular formula is C24H22F6. The van der Waals surface area contributed by atoms with Crippen molar-refractivity contribution in [3.8, 4) is 11.1 Å². The maximum atomic E-state index is 15.3. The van der Waals surface area contributed by atoms with Gasteiger partial charge in [0.15, 0.2) is 0 Å². The van der Waals surface area contributed by atoms with Gasteiger partial charge in [0.1, 0.15) is 17.5 Å². The van der Waals surface area contributed by atoms with Crippen LogP contribution >= 0.6 is 0 Å². The normalized spacial score (nSPS) is 24.0. The third-order valence-electron chi connectivity index (χ3n) is 6.57. The van der Waals surface area contributed by atoms with Gasteiger partial charge < -0.3 is 0 Å². The summed E-state index contributed by atoms with van der Waals surface area (Å²) in [7, 11) is 0. The van der Waals surface area contributed by atoms with Crippen molar-refractivity contribution >= 4 is 0 Å². The monoisotopic (exact) mass is 424 g/mol. The largest absolute Gasteiger partial charge is 0.419 e. The number of alkyl halides is 3. The van der Waals surface area contributed by atoms with Crippen LogP contribution in [0.25, 0.3) is 11.1 Å². The molecule has 3 atom stereocenters. The van der Waals surface area contributed by atoms with Gasteiger partial charge in [-0.25, -0.2) is 13.2 Å². The summed E-state index contributed by atoms with van der Waals surface area (Å²) >= 11 is 0. The lowest BCUT2D eigenvalue weighted by molar-refractivity contribution is -0.139. The minimum absolute atomic E-state index is 0.0812. The number of benzene rings is 2. The van der Waals surface area contributed by atoms with E-state index in [1.807, 2.05) is 13.0 Å². The second kappa shape index (κ2) is 7.78. The van der Waals surface area contributed by atoms with Crippen molar-refractivity contribution in [2.45, 2.75) is 51.1 Å². The smallest absolute Gasteiger partial charge is 0.206 e. The quantitative estimate of drug-likeness (QED) is 0.341. The van der Waals surface area contributed by atoms with E-state index in [9.17, 15) is 22.0 Å². The van der Waals surface area contributed by atoms with E-state index in [0.29, 0.717) is 41.5 Å². The van der Waals surface area contributed by atoms with Crippen molar-refractivity contribution in [1.29, 1.82) is 0 Å². The van der Waals surface area contributed by atoms with Gasteiger partial charge >= 0.3 is 6.18 Å². The first-order valence-corrected chi connectivity index (χ1v) is 10.2. The maximum absolute atomic E-state index is 15.3. The van der Waals surface area contributed by atoms with Gasteiger partial charge in [-0.05, 0) is 91.7 Å². The average Bonchev–Trinajstić information content (AvgIpc) is 2.67. The summed E-state index contributed by atoms with van der Waals surface area (Å²) < 4.78 is 82.7. The summed E-state index contributed by atoms with van der Waals surface area (Å²) in [5.41, 5.74) is -1.06. The molecule has 2 aromatic rings. The second-order valence-corrected chi connectivity index (χ2v) is 8.31. The molecule has 6 heteroatoms. The molecule has 2 aliphatic rings. The Hall–Kier alpha value is -2.24. The van der Waals surface area contributed by atoms with Crippen molar-refractivity contribution in [1.82, 2.24) is 0 Å². The van der Waals surface area contributed by atoms with E-state index in [-0.39, 0.29) is 11.5 Å². The number of allylic oxidation sites excluding steroid dienone is 2. The fourth-order valence-corrected chi connectivity index (χ4v) is 5.23. The minimum atomic E-state index is -4.86. The lowest BCUT2D eigenvalue weighted by Crippen LogP contribution is -2.28. The van der Waals surface area contributed by atoms with Crippen LogP contribution in [0.2, 0.25) is 0 Å². The summed E-state index contributed by atoms with van der Waals surface area (Å²) in [4.78, 5) is 0. The molecule has 0 N–H and O–H groups in total. The molecule has 4 rings (SSSR count). The first-order chi connectivity index (χ1) is 14.2. The fraction of sp³-hybridized carbons (Fsp3) is 0.417. The van der Waals surface area contributed by atoms with Crippen LogP contribution in [-0.2, 0) is 12.6 Å². The predicted octanol–water partition coefficient (Wildman–Crippen LogP) is 7.81. The molecular weight excluding hydrogens is 402 g/mol. The lowest BCUT2D eigenvalue weighted by atomic mass is 9.65. The third kappa shape index (κ3) is 3.65. The average molecular weight is 424 g/mol. The molecule has 160 valence electrons. The Bertz CT molecular complexity index is 988.